The molecule has 0 aliphatic rings. The van der Waals surface area contributed by atoms with Crippen molar-refractivity contribution in [1.29, 1.82) is 0 Å². The fourth-order valence-electron chi connectivity index (χ4n) is 1.49. The third kappa shape index (κ3) is 1.96. The number of hydrogen-bond donors (Lipinski definition) is 0. The number of halogens is 2. The molecule has 4 nitrogen and oxygen atoms in total. The van der Waals surface area contributed by atoms with Crippen LogP contribution in [-0.4, -0.2) is 9.91 Å². The Morgan fingerprint density at radius 3 is 2.35 bits per heavy atom. The van der Waals surface area contributed by atoms with E-state index in [1.165, 1.54) is 24.5 Å². The van der Waals surface area contributed by atoms with E-state index < -0.39 is 22.2 Å². The van der Waals surface area contributed by atoms with Gasteiger partial charge in [0.05, 0.1) is 10.5 Å². The van der Waals surface area contributed by atoms with Crippen LogP contribution in [0.3, 0.4) is 0 Å². The summed E-state index contributed by atoms with van der Waals surface area (Å²) >= 11 is 0. The molecule has 0 saturated heterocycles. The van der Waals surface area contributed by atoms with Gasteiger partial charge in [0.1, 0.15) is 0 Å². The van der Waals surface area contributed by atoms with Gasteiger partial charge in [-0.2, -0.15) is 0 Å². The summed E-state index contributed by atoms with van der Waals surface area (Å²) in [5.41, 5.74) is -0.629. The Morgan fingerprint density at radius 1 is 1.12 bits per heavy atom. The van der Waals surface area contributed by atoms with Gasteiger partial charge in [-0.25, -0.2) is 8.78 Å². The Kier molecular flexibility index (Phi) is 2.78. The predicted octanol–water partition coefficient (Wildman–Crippen LogP) is 2.94. The Bertz CT molecular complexity index is 573. The van der Waals surface area contributed by atoms with Crippen molar-refractivity contribution in [2.45, 2.75) is 0 Å². The van der Waals surface area contributed by atoms with Gasteiger partial charge in [0.15, 0.2) is 11.6 Å². The van der Waals surface area contributed by atoms with Crippen LogP contribution in [0.25, 0.3) is 11.1 Å². The van der Waals surface area contributed by atoms with Gasteiger partial charge in [-0.1, -0.05) is 0 Å². The first-order valence-corrected chi connectivity index (χ1v) is 4.64. The Morgan fingerprint density at radius 2 is 1.76 bits per heavy atom. The van der Waals surface area contributed by atoms with Crippen LogP contribution < -0.4 is 0 Å². The highest BCUT2D eigenvalue weighted by Gasteiger charge is 2.22. The van der Waals surface area contributed by atoms with Crippen molar-refractivity contribution in [2.75, 3.05) is 0 Å². The molecule has 0 radical (unpaired) electrons. The summed E-state index contributed by atoms with van der Waals surface area (Å²) in [5.74, 6) is -2.35. The summed E-state index contributed by atoms with van der Waals surface area (Å²) in [7, 11) is 0. The first kappa shape index (κ1) is 11.1. The molecule has 86 valence electrons. The fraction of sp³-hybridized carbons (Fsp3) is 0. The molecule has 0 aliphatic heterocycles. The quantitative estimate of drug-likeness (QED) is 0.595. The molecule has 0 bridgehead atoms. The van der Waals surface area contributed by atoms with Gasteiger partial charge in [0.25, 0.3) is 5.69 Å². The molecule has 1 aromatic carbocycles. The largest absolute Gasteiger partial charge is 0.280 e. The number of nitro benzene ring substituents is 1. The van der Waals surface area contributed by atoms with E-state index in [-0.39, 0.29) is 11.1 Å². The van der Waals surface area contributed by atoms with Crippen molar-refractivity contribution in [3.8, 4) is 11.1 Å². The van der Waals surface area contributed by atoms with Crippen molar-refractivity contribution in [2.24, 2.45) is 0 Å². The highest BCUT2D eigenvalue weighted by atomic mass is 19.2. The van der Waals surface area contributed by atoms with Gasteiger partial charge < -0.3 is 0 Å². The molecule has 0 fully saturated rings. The molecule has 0 amide bonds. The van der Waals surface area contributed by atoms with E-state index in [0.29, 0.717) is 0 Å². The highest BCUT2D eigenvalue weighted by molar-refractivity contribution is 5.73. The maximum Gasteiger partial charge on any atom is 0.280 e. The maximum atomic E-state index is 13.6. The standard InChI is InChI=1S/C11H6F2N2O2/c12-8-1-2-9(15(16)17)10(11(8)13)7-3-5-14-6-4-7/h1-6H. The summed E-state index contributed by atoms with van der Waals surface area (Å²) in [6.07, 6.45) is 2.70. The zero-order valence-electron chi connectivity index (χ0n) is 8.43. The molecule has 0 N–H and O–H groups in total. The van der Waals surface area contributed by atoms with E-state index >= 15 is 0 Å². The Labute approximate surface area is 94.7 Å². The average Bonchev–Trinajstić information content (AvgIpc) is 2.33. The topological polar surface area (TPSA) is 56.0 Å². The van der Waals surface area contributed by atoms with Crippen molar-refractivity contribution in [3.63, 3.8) is 0 Å². The average molecular weight is 236 g/mol. The van der Waals surface area contributed by atoms with Gasteiger partial charge in [-0.05, 0) is 23.8 Å². The minimum absolute atomic E-state index is 0.212. The summed E-state index contributed by atoms with van der Waals surface area (Å²) in [6.45, 7) is 0. The minimum Gasteiger partial charge on any atom is -0.265 e. The molecule has 17 heavy (non-hydrogen) atoms. The Hall–Kier alpha value is -2.37. The minimum atomic E-state index is -1.23. The van der Waals surface area contributed by atoms with E-state index in [1.54, 1.807) is 0 Å². The van der Waals surface area contributed by atoms with Crippen molar-refractivity contribution in [1.82, 2.24) is 4.98 Å². The second kappa shape index (κ2) is 4.25. The van der Waals surface area contributed by atoms with Gasteiger partial charge in [-0.15, -0.1) is 0 Å². The Balaban J connectivity index is 2.74. The van der Waals surface area contributed by atoms with Crippen LogP contribution in [0.15, 0.2) is 36.7 Å². The monoisotopic (exact) mass is 236 g/mol. The summed E-state index contributed by atoms with van der Waals surface area (Å²) in [5, 5.41) is 10.8. The predicted molar refractivity (Wildman–Crippen MR) is 56.2 cm³/mol. The molecule has 2 aromatic rings. The normalized spacial score (nSPS) is 10.2. The second-order valence-electron chi connectivity index (χ2n) is 3.25. The lowest BCUT2D eigenvalue weighted by Crippen LogP contribution is -1.97. The highest BCUT2D eigenvalue weighted by Crippen LogP contribution is 2.33. The van der Waals surface area contributed by atoms with Crippen molar-refractivity contribution in [3.05, 3.63) is 58.4 Å². The first-order chi connectivity index (χ1) is 8.11. The molecule has 0 spiro atoms. The van der Waals surface area contributed by atoms with E-state index in [0.717, 1.165) is 12.1 Å². The van der Waals surface area contributed by atoms with Crippen LogP contribution in [0, 0.1) is 21.7 Å². The van der Waals surface area contributed by atoms with Crippen LogP contribution in [0.5, 0.6) is 0 Å². The number of benzene rings is 1. The summed E-state index contributed by atoms with van der Waals surface area (Å²) < 4.78 is 26.7. The first-order valence-electron chi connectivity index (χ1n) is 4.64. The number of pyridine rings is 1. The number of hydrogen-bond acceptors (Lipinski definition) is 3. The van der Waals surface area contributed by atoms with Gasteiger partial charge in [0.2, 0.25) is 0 Å². The van der Waals surface area contributed by atoms with Crippen molar-refractivity contribution >= 4 is 5.69 Å². The van der Waals surface area contributed by atoms with Gasteiger partial charge in [-0.3, -0.25) is 15.1 Å². The zero-order chi connectivity index (χ0) is 12.4. The molecule has 0 saturated carbocycles. The number of nitro groups is 1. The third-order valence-electron chi connectivity index (χ3n) is 2.24. The number of nitrogens with zero attached hydrogens (tertiary/aromatic N) is 2. The summed E-state index contributed by atoms with van der Waals surface area (Å²) in [6, 6.07) is 4.43. The summed E-state index contributed by atoms with van der Waals surface area (Å²) in [4.78, 5) is 13.7. The molecule has 1 aromatic heterocycles. The van der Waals surface area contributed by atoms with Crippen LogP contribution in [0.2, 0.25) is 0 Å². The van der Waals surface area contributed by atoms with E-state index in [9.17, 15) is 18.9 Å². The molecular weight excluding hydrogens is 230 g/mol. The van der Waals surface area contributed by atoms with Gasteiger partial charge in [0, 0.05) is 18.5 Å². The molecule has 0 unspecified atom stereocenters. The molecule has 2 rings (SSSR count). The lowest BCUT2D eigenvalue weighted by atomic mass is 10.0. The molecular formula is C11H6F2N2O2. The van der Waals surface area contributed by atoms with Crippen molar-refractivity contribution < 1.29 is 13.7 Å². The van der Waals surface area contributed by atoms with Crippen LogP contribution >= 0.6 is 0 Å². The smallest absolute Gasteiger partial charge is 0.265 e. The molecule has 6 heteroatoms. The third-order valence-corrected chi connectivity index (χ3v) is 2.24. The number of rotatable bonds is 2. The van der Waals surface area contributed by atoms with E-state index in [4.69, 9.17) is 0 Å². The molecule has 0 atom stereocenters. The second-order valence-corrected chi connectivity index (χ2v) is 3.25. The SMILES string of the molecule is O=[N+]([O-])c1ccc(F)c(F)c1-c1ccncc1. The maximum absolute atomic E-state index is 13.6. The lowest BCUT2D eigenvalue weighted by molar-refractivity contribution is -0.384. The lowest BCUT2D eigenvalue weighted by Gasteiger charge is -2.04. The fourth-order valence-corrected chi connectivity index (χ4v) is 1.49. The zero-order valence-corrected chi connectivity index (χ0v) is 8.43. The van der Waals surface area contributed by atoms with Crippen LogP contribution in [0.1, 0.15) is 0 Å². The van der Waals surface area contributed by atoms with Gasteiger partial charge >= 0.3 is 0 Å². The van der Waals surface area contributed by atoms with Crippen LogP contribution in [0.4, 0.5) is 14.5 Å². The number of aromatic nitrogens is 1. The molecule has 1 heterocycles. The van der Waals surface area contributed by atoms with E-state index in [1.807, 2.05) is 0 Å². The molecule has 0 aliphatic carbocycles. The van der Waals surface area contributed by atoms with E-state index in [2.05, 4.69) is 4.98 Å². The van der Waals surface area contributed by atoms with Crippen LogP contribution in [-0.2, 0) is 0 Å².